The number of rotatable bonds is 4. The van der Waals surface area contributed by atoms with Crippen LogP contribution in [0.5, 0.6) is 0 Å². The summed E-state index contributed by atoms with van der Waals surface area (Å²) in [5.74, 6) is 2.88. The van der Waals surface area contributed by atoms with E-state index in [-0.39, 0.29) is 5.60 Å². The summed E-state index contributed by atoms with van der Waals surface area (Å²) < 4.78 is 0. The van der Waals surface area contributed by atoms with Crippen molar-refractivity contribution in [2.45, 2.75) is 44.1 Å². The van der Waals surface area contributed by atoms with Crippen LogP contribution < -0.4 is 5.48 Å². The fraction of sp³-hybridized carbons (Fsp3) is 0.846. The number of hydroxylamine groups is 1. The first-order chi connectivity index (χ1) is 7.30. The van der Waals surface area contributed by atoms with Gasteiger partial charge >= 0.3 is 0 Å². The fourth-order valence-corrected chi connectivity index (χ4v) is 4.41. The molecule has 0 amide bonds. The maximum Gasteiger partial charge on any atom is 0.0904 e. The third kappa shape index (κ3) is 1.74. The van der Waals surface area contributed by atoms with E-state index < -0.39 is 0 Å². The Morgan fingerprint density at radius 2 is 1.67 bits per heavy atom. The molecule has 0 radical (unpaired) electrons. The minimum atomic E-state index is 0.192. The second kappa shape index (κ2) is 3.60. The van der Waals surface area contributed by atoms with Crippen molar-refractivity contribution in [3.8, 4) is 0 Å². The van der Waals surface area contributed by atoms with Crippen LogP contribution in [-0.4, -0.2) is 12.1 Å². The van der Waals surface area contributed by atoms with Crippen molar-refractivity contribution in [1.82, 2.24) is 5.48 Å². The van der Waals surface area contributed by atoms with Crippen molar-refractivity contribution in [2.24, 2.45) is 17.8 Å². The third-order valence-electron chi connectivity index (χ3n) is 4.50. The molecule has 4 saturated carbocycles. The Morgan fingerprint density at radius 1 is 1.13 bits per heavy atom. The molecule has 0 saturated heterocycles. The van der Waals surface area contributed by atoms with Gasteiger partial charge in [-0.3, -0.25) is 4.84 Å². The van der Waals surface area contributed by atoms with Gasteiger partial charge in [0.15, 0.2) is 0 Å². The summed E-state index contributed by atoms with van der Waals surface area (Å²) in [5, 5.41) is 0. The lowest BCUT2D eigenvalue weighted by Crippen LogP contribution is -2.53. The molecule has 4 aliphatic carbocycles. The zero-order valence-corrected chi connectivity index (χ0v) is 9.37. The van der Waals surface area contributed by atoms with E-state index in [0.29, 0.717) is 0 Å². The highest BCUT2D eigenvalue weighted by atomic mass is 16.7. The maximum absolute atomic E-state index is 5.96. The van der Waals surface area contributed by atoms with Gasteiger partial charge in [0.05, 0.1) is 5.60 Å². The highest BCUT2D eigenvalue weighted by Gasteiger charge is 2.52. The molecule has 0 unspecified atom stereocenters. The second-order valence-corrected chi connectivity index (χ2v) is 5.84. The Balaban J connectivity index is 1.67. The normalized spacial score (nSPS) is 47.1. The van der Waals surface area contributed by atoms with Gasteiger partial charge in [0.2, 0.25) is 0 Å². The van der Waals surface area contributed by atoms with Gasteiger partial charge in [-0.15, -0.1) is 6.58 Å². The first-order valence-electron chi connectivity index (χ1n) is 6.31. The molecule has 0 aromatic carbocycles. The summed E-state index contributed by atoms with van der Waals surface area (Å²) in [6.45, 7) is 4.47. The minimum absolute atomic E-state index is 0.192. The van der Waals surface area contributed by atoms with Gasteiger partial charge in [-0.05, 0) is 56.3 Å². The summed E-state index contributed by atoms with van der Waals surface area (Å²) in [5.41, 5.74) is 3.27. The van der Waals surface area contributed by atoms with Crippen LogP contribution in [-0.2, 0) is 4.84 Å². The highest BCUT2D eigenvalue weighted by Crippen LogP contribution is 2.56. The van der Waals surface area contributed by atoms with Crippen LogP contribution in [0.2, 0.25) is 0 Å². The molecule has 4 fully saturated rings. The minimum Gasteiger partial charge on any atom is -0.295 e. The standard InChI is InChI=1S/C13H21NO/c1-2-3-14-15-13-7-10-4-11(8-13)6-12(5-10)9-13/h2,10-12,14H,1,3-9H2. The van der Waals surface area contributed by atoms with Gasteiger partial charge in [0.25, 0.3) is 0 Å². The molecule has 0 aliphatic heterocycles. The highest BCUT2D eigenvalue weighted by molar-refractivity contribution is 5.02. The van der Waals surface area contributed by atoms with Gasteiger partial charge < -0.3 is 0 Å². The molecule has 0 atom stereocenters. The molecule has 0 spiro atoms. The quantitative estimate of drug-likeness (QED) is 0.435. The largest absolute Gasteiger partial charge is 0.295 e. The lowest BCUT2D eigenvalue weighted by molar-refractivity contribution is -0.194. The van der Waals surface area contributed by atoms with Crippen LogP contribution >= 0.6 is 0 Å². The Bertz CT molecular complexity index is 226. The molecule has 0 aromatic rings. The van der Waals surface area contributed by atoms with E-state index in [1.165, 1.54) is 38.5 Å². The fourth-order valence-electron chi connectivity index (χ4n) is 4.41. The van der Waals surface area contributed by atoms with E-state index in [1.807, 2.05) is 6.08 Å². The molecule has 4 bridgehead atoms. The smallest absolute Gasteiger partial charge is 0.0904 e. The molecule has 15 heavy (non-hydrogen) atoms. The van der Waals surface area contributed by atoms with Crippen molar-refractivity contribution in [3.63, 3.8) is 0 Å². The van der Waals surface area contributed by atoms with Gasteiger partial charge in [0, 0.05) is 6.54 Å². The van der Waals surface area contributed by atoms with Crippen molar-refractivity contribution in [1.29, 1.82) is 0 Å². The van der Waals surface area contributed by atoms with Crippen LogP contribution in [0.25, 0.3) is 0 Å². The van der Waals surface area contributed by atoms with Gasteiger partial charge in [0.1, 0.15) is 0 Å². The van der Waals surface area contributed by atoms with E-state index in [0.717, 1.165) is 24.3 Å². The van der Waals surface area contributed by atoms with Crippen molar-refractivity contribution in [2.75, 3.05) is 6.54 Å². The number of nitrogens with one attached hydrogen (secondary N) is 1. The van der Waals surface area contributed by atoms with Crippen molar-refractivity contribution < 1.29 is 4.84 Å². The molecule has 1 N–H and O–H groups in total. The SMILES string of the molecule is C=CCNOC12CC3CC(CC(C3)C1)C2. The molecular formula is C13H21NO. The van der Waals surface area contributed by atoms with E-state index >= 15 is 0 Å². The maximum atomic E-state index is 5.96. The summed E-state index contributed by atoms with van der Waals surface area (Å²) in [4.78, 5) is 5.96. The van der Waals surface area contributed by atoms with Crippen molar-refractivity contribution >= 4 is 0 Å². The summed E-state index contributed by atoms with van der Waals surface area (Å²) >= 11 is 0. The van der Waals surface area contributed by atoms with Gasteiger partial charge in [-0.1, -0.05) is 6.08 Å². The second-order valence-electron chi connectivity index (χ2n) is 5.84. The van der Waals surface area contributed by atoms with Crippen LogP contribution in [0.1, 0.15) is 38.5 Å². The van der Waals surface area contributed by atoms with Crippen LogP contribution in [0, 0.1) is 17.8 Å². The summed E-state index contributed by atoms with van der Waals surface area (Å²) in [7, 11) is 0. The summed E-state index contributed by atoms with van der Waals surface area (Å²) in [6, 6.07) is 0. The average Bonchev–Trinajstić information content (AvgIpc) is 2.15. The number of hydrogen-bond donors (Lipinski definition) is 1. The Hall–Kier alpha value is -0.340. The first-order valence-corrected chi connectivity index (χ1v) is 6.31. The van der Waals surface area contributed by atoms with E-state index in [9.17, 15) is 0 Å². The van der Waals surface area contributed by atoms with Gasteiger partial charge in [-0.2, -0.15) is 5.48 Å². The lowest BCUT2D eigenvalue weighted by atomic mass is 9.54. The van der Waals surface area contributed by atoms with Crippen molar-refractivity contribution in [3.05, 3.63) is 12.7 Å². The zero-order valence-electron chi connectivity index (χ0n) is 9.37. The van der Waals surface area contributed by atoms with E-state index in [2.05, 4.69) is 12.1 Å². The van der Waals surface area contributed by atoms with E-state index in [4.69, 9.17) is 4.84 Å². The molecule has 4 rings (SSSR count). The third-order valence-corrected chi connectivity index (χ3v) is 4.50. The monoisotopic (exact) mass is 207 g/mol. The molecule has 0 aromatic heterocycles. The Kier molecular flexibility index (Phi) is 2.37. The zero-order chi connectivity index (χ0) is 10.3. The first kappa shape index (κ1) is 9.86. The molecular weight excluding hydrogens is 186 g/mol. The number of hydrogen-bond acceptors (Lipinski definition) is 2. The molecule has 2 nitrogen and oxygen atoms in total. The summed E-state index contributed by atoms with van der Waals surface area (Å²) in [6.07, 6.45) is 10.2. The molecule has 4 aliphatic rings. The predicted molar refractivity (Wildman–Crippen MR) is 60.2 cm³/mol. The molecule has 84 valence electrons. The Morgan fingerprint density at radius 3 is 2.13 bits per heavy atom. The van der Waals surface area contributed by atoms with Gasteiger partial charge in [-0.25, -0.2) is 0 Å². The molecule has 0 heterocycles. The topological polar surface area (TPSA) is 21.3 Å². The Labute approximate surface area is 92.0 Å². The lowest BCUT2D eigenvalue weighted by Gasteiger charge is -2.55. The van der Waals surface area contributed by atoms with Crippen LogP contribution in [0.4, 0.5) is 0 Å². The predicted octanol–water partition coefficient (Wildman–Crippen LogP) is 2.66. The molecule has 2 heteroatoms. The van der Waals surface area contributed by atoms with Crippen LogP contribution in [0.3, 0.4) is 0 Å². The average molecular weight is 207 g/mol. The van der Waals surface area contributed by atoms with Crippen LogP contribution in [0.15, 0.2) is 12.7 Å². The van der Waals surface area contributed by atoms with E-state index in [1.54, 1.807) is 0 Å².